The number of hydrogen-bond donors (Lipinski definition) is 2. The Kier molecular flexibility index (Phi) is 5.24. The van der Waals surface area contributed by atoms with Gasteiger partial charge in [0.1, 0.15) is 5.82 Å². The van der Waals surface area contributed by atoms with E-state index in [1.54, 1.807) is 29.8 Å². The fourth-order valence-electron chi connectivity index (χ4n) is 1.38. The standard InChI is InChI=1S/C11H16FN3OS/c1-15(6-7-17-2)11(16)8-4-3-5-9(12)10(8)14-13/h3-5,14H,6-7,13H2,1-2H3. The highest BCUT2D eigenvalue weighted by Crippen LogP contribution is 2.20. The van der Waals surface area contributed by atoms with Crippen molar-refractivity contribution >= 4 is 23.4 Å². The van der Waals surface area contributed by atoms with Gasteiger partial charge in [0.15, 0.2) is 0 Å². The van der Waals surface area contributed by atoms with Crippen molar-refractivity contribution in [1.29, 1.82) is 0 Å². The molecule has 0 aliphatic rings. The van der Waals surface area contributed by atoms with Crippen molar-refractivity contribution in [2.45, 2.75) is 0 Å². The van der Waals surface area contributed by atoms with Gasteiger partial charge in [0, 0.05) is 19.3 Å². The van der Waals surface area contributed by atoms with Crippen LogP contribution in [0.25, 0.3) is 0 Å². The molecule has 0 bridgehead atoms. The van der Waals surface area contributed by atoms with Crippen LogP contribution in [-0.4, -0.2) is 36.4 Å². The summed E-state index contributed by atoms with van der Waals surface area (Å²) in [4.78, 5) is 13.6. The zero-order chi connectivity index (χ0) is 12.8. The number of nitrogens with one attached hydrogen (secondary N) is 1. The van der Waals surface area contributed by atoms with E-state index in [0.717, 1.165) is 5.75 Å². The van der Waals surface area contributed by atoms with Crippen LogP contribution in [0.1, 0.15) is 10.4 Å². The SMILES string of the molecule is CSCCN(C)C(=O)c1cccc(F)c1NN. The molecule has 0 aliphatic carbocycles. The van der Waals surface area contributed by atoms with E-state index in [4.69, 9.17) is 5.84 Å². The number of anilines is 1. The molecule has 0 spiro atoms. The number of rotatable bonds is 5. The molecule has 0 aliphatic heterocycles. The van der Waals surface area contributed by atoms with Crippen LogP contribution in [-0.2, 0) is 0 Å². The average Bonchev–Trinajstić information content (AvgIpc) is 2.34. The number of halogens is 1. The normalized spacial score (nSPS) is 10.1. The Labute approximate surface area is 104 Å². The Bertz CT molecular complexity index is 400. The van der Waals surface area contributed by atoms with Gasteiger partial charge in [-0.25, -0.2) is 4.39 Å². The van der Waals surface area contributed by atoms with Gasteiger partial charge in [0.05, 0.1) is 11.3 Å². The molecule has 0 atom stereocenters. The van der Waals surface area contributed by atoms with E-state index in [-0.39, 0.29) is 17.2 Å². The third kappa shape index (κ3) is 3.34. The molecule has 1 aromatic carbocycles. The van der Waals surface area contributed by atoms with Gasteiger partial charge < -0.3 is 10.3 Å². The van der Waals surface area contributed by atoms with Crippen LogP contribution in [0.4, 0.5) is 10.1 Å². The smallest absolute Gasteiger partial charge is 0.255 e. The van der Waals surface area contributed by atoms with Gasteiger partial charge in [-0.2, -0.15) is 11.8 Å². The maximum atomic E-state index is 13.4. The lowest BCUT2D eigenvalue weighted by Gasteiger charge is -2.18. The van der Waals surface area contributed by atoms with Gasteiger partial charge >= 0.3 is 0 Å². The highest BCUT2D eigenvalue weighted by molar-refractivity contribution is 7.98. The third-order valence-electron chi connectivity index (χ3n) is 2.37. The minimum atomic E-state index is -0.531. The van der Waals surface area contributed by atoms with Gasteiger partial charge in [-0.1, -0.05) is 6.07 Å². The van der Waals surface area contributed by atoms with Crippen LogP contribution < -0.4 is 11.3 Å². The van der Waals surface area contributed by atoms with Gasteiger partial charge in [0.25, 0.3) is 5.91 Å². The number of benzene rings is 1. The first kappa shape index (κ1) is 13.8. The lowest BCUT2D eigenvalue weighted by Crippen LogP contribution is -2.30. The monoisotopic (exact) mass is 257 g/mol. The number of amides is 1. The molecule has 17 heavy (non-hydrogen) atoms. The maximum Gasteiger partial charge on any atom is 0.255 e. The average molecular weight is 257 g/mol. The molecule has 0 heterocycles. The van der Waals surface area contributed by atoms with Gasteiger partial charge in [-0.3, -0.25) is 10.6 Å². The fourth-order valence-corrected chi connectivity index (χ4v) is 1.84. The second-order valence-corrected chi connectivity index (χ2v) is 4.51. The highest BCUT2D eigenvalue weighted by Gasteiger charge is 2.17. The van der Waals surface area contributed by atoms with Crippen LogP contribution in [0.3, 0.4) is 0 Å². The summed E-state index contributed by atoms with van der Waals surface area (Å²) < 4.78 is 13.4. The van der Waals surface area contributed by atoms with Gasteiger partial charge in [-0.15, -0.1) is 0 Å². The van der Waals surface area contributed by atoms with Gasteiger partial charge in [0.2, 0.25) is 0 Å². The summed E-state index contributed by atoms with van der Waals surface area (Å²) in [5.41, 5.74) is 2.51. The summed E-state index contributed by atoms with van der Waals surface area (Å²) in [6.45, 7) is 0.612. The first-order chi connectivity index (χ1) is 8.11. The zero-order valence-electron chi connectivity index (χ0n) is 9.87. The van der Waals surface area contributed by atoms with Crippen molar-refractivity contribution in [3.63, 3.8) is 0 Å². The molecule has 1 rings (SSSR count). The molecule has 0 saturated heterocycles. The maximum absolute atomic E-state index is 13.4. The van der Waals surface area contributed by atoms with E-state index in [1.807, 2.05) is 6.26 Å². The summed E-state index contributed by atoms with van der Waals surface area (Å²) in [6.07, 6.45) is 1.97. The second-order valence-electron chi connectivity index (χ2n) is 3.53. The molecule has 0 fully saturated rings. The Hall–Kier alpha value is -1.27. The molecular formula is C11H16FN3OS. The van der Waals surface area contributed by atoms with E-state index >= 15 is 0 Å². The van der Waals surface area contributed by atoms with E-state index in [0.29, 0.717) is 6.54 Å². The van der Waals surface area contributed by atoms with Crippen molar-refractivity contribution in [3.05, 3.63) is 29.6 Å². The molecule has 3 N–H and O–H groups in total. The number of hydrogen-bond acceptors (Lipinski definition) is 4. The number of para-hydroxylation sites is 1. The molecular weight excluding hydrogens is 241 g/mol. The number of carbonyl (C=O) groups excluding carboxylic acids is 1. The van der Waals surface area contributed by atoms with E-state index < -0.39 is 5.82 Å². The van der Waals surface area contributed by atoms with Crippen LogP contribution in [0.5, 0.6) is 0 Å². The first-order valence-corrected chi connectivity index (χ1v) is 6.50. The summed E-state index contributed by atoms with van der Waals surface area (Å²) in [7, 11) is 1.68. The van der Waals surface area contributed by atoms with Crippen molar-refractivity contribution in [2.75, 3.05) is 31.0 Å². The predicted octanol–water partition coefficient (Wildman–Crippen LogP) is 1.55. The number of nitrogens with two attached hydrogens (primary N) is 1. The minimum absolute atomic E-state index is 0.0356. The molecule has 0 unspecified atom stereocenters. The summed E-state index contributed by atoms with van der Waals surface area (Å²) in [5, 5.41) is 0. The molecule has 0 radical (unpaired) electrons. The lowest BCUT2D eigenvalue weighted by molar-refractivity contribution is 0.0804. The summed E-state index contributed by atoms with van der Waals surface area (Å²) in [5.74, 6) is 5.29. The predicted molar refractivity (Wildman–Crippen MR) is 69.6 cm³/mol. The Balaban J connectivity index is 2.92. The fraction of sp³-hybridized carbons (Fsp3) is 0.364. The van der Waals surface area contributed by atoms with Gasteiger partial charge in [-0.05, 0) is 18.4 Å². The van der Waals surface area contributed by atoms with E-state index in [2.05, 4.69) is 5.43 Å². The summed E-state index contributed by atoms with van der Waals surface area (Å²) >= 11 is 1.65. The van der Waals surface area contributed by atoms with Crippen molar-refractivity contribution in [1.82, 2.24) is 4.90 Å². The largest absolute Gasteiger partial charge is 0.341 e. The Morgan fingerprint density at radius 1 is 1.59 bits per heavy atom. The molecule has 94 valence electrons. The van der Waals surface area contributed by atoms with E-state index in [9.17, 15) is 9.18 Å². The lowest BCUT2D eigenvalue weighted by atomic mass is 10.1. The topological polar surface area (TPSA) is 58.4 Å². The number of thioether (sulfide) groups is 1. The Morgan fingerprint density at radius 2 is 2.29 bits per heavy atom. The van der Waals surface area contributed by atoms with Crippen LogP contribution >= 0.6 is 11.8 Å². The molecule has 0 aromatic heterocycles. The Morgan fingerprint density at radius 3 is 2.88 bits per heavy atom. The van der Waals surface area contributed by atoms with Crippen LogP contribution in [0.15, 0.2) is 18.2 Å². The number of nitrogen functional groups attached to an aromatic ring is 1. The minimum Gasteiger partial charge on any atom is -0.341 e. The van der Waals surface area contributed by atoms with Crippen LogP contribution in [0.2, 0.25) is 0 Å². The van der Waals surface area contributed by atoms with Crippen molar-refractivity contribution < 1.29 is 9.18 Å². The van der Waals surface area contributed by atoms with Crippen molar-refractivity contribution in [2.24, 2.45) is 5.84 Å². The molecule has 1 aromatic rings. The van der Waals surface area contributed by atoms with Crippen molar-refractivity contribution in [3.8, 4) is 0 Å². The molecule has 0 saturated carbocycles. The quantitative estimate of drug-likeness (QED) is 0.620. The van der Waals surface area contributed by atoms with Crippen LogP contribution in [0, 0.1) is 5.82 Å². The number of nitrogens with zero attached hydrogens (tertiary/aromatic N) is 1. The molecule has 6 heteroatoms. The second kappa shape index (κ2) is 6.46. The molecule has 4 nitrogen and oxygen atoms in total. The number of carbonyl (C=O) groups is 1. The molecule has 1 amide bonds. The number of hydrazine groups is 1. The summed E-state index contributed by atoms with van der Waals surface area (Å²) in [6, 6.07) is 4.30. The van der Waals surface area contributed by atoms with E-state index in [1.165, 1.54) is 12.1 Å². The first-order valence-electron chi connectivity index (χ1n) is 5.11. The zero-order valence-corrected chi connectivity index (χ0v) is 10.7. The highest BCUT2D eigenvalue weighted by atomic mass is 32.2. The third-order valence-corrected chi connectivity index (χ3v) is 2.96.